The van der Waals surface area contributed by atoms with Crippen molar-refractivity contribution in [1.82, 2.24) is 4.90 Å². The molecule has 1 saturated heterocycles. The zero-order chi connectivity index (χ0) is 35.8. The fraction of sp³-hybridized carbons (Fsp3) is 0.523. The van der Waals surface area contributed by atoms with Gasteiger partial charge in [-0.05, 0) is 93.4 Å². The number of carbonyl (C=O) groups excluding carboxylic acids is 1. The van der Waals surface area contributed by atoms with E-state index in [1.807, 2.05) is 66.7 Å². The first kappa shape index (κ1) is 37.6. The van der Waals surface area contributed by atoms with Gasteiger partial charge in [-0.15, -0.1) is 0 Å². The van der Waals surface area contributed by atoms with E-state index in [2.05, 4.69) is 37.0 Å². The Hall–Kier alpha value is -3.17. The Morgan fingerprint density at radius 3 is 2.53 bits per heavy atom. The molecule has 3 aromatic rings. The van der Waals surface area contributed by atoms with Gasteiger partial charge in [0.2, 0.25) is 0 Å². The van der Waals surface area contributed by atoms with E-state index in [0.29, 0.717) is 56.6 Å². The molecule has 51 heavy (non-hydrogen) atoms. The summed E-state index contributed by atoms with van der Waals surface area (Å²) in [5.74, 6) is -0.0920. The highest BCUT2D eigenvalue weighted by molar-refractivity contribution is 6.10. The SMILES string of the molecule is CC1=CCCC2(C)C(CCC2(O)CN(CC(O)COCc2ccccc2)CC2CCCO2)c2ccc(cc2C(=O)c2ccccc2)CC(O)CC1. The zero-order valence-corrected chi connectivity index (χ0v) is 30.5. The number of rotatable bonds is 12. The number of hydrogen-bond donors (Lipinski definition) is 3. The Morgan fingerprint density at radius 2 is 1.78 bits per heavy atom. The van der Waals surface area contributed by atoms with Crippen molar-refractivity contribution in [3.8, 4) is 0 Å². The highest BCUT2D eigenvalue weighted by Gasteiger charge is 2.57. The Bertz CT molecular complexity index is 1600. The minimum atomic E-state index is -1.08. The van der Waals surface area contributed by atoms with Crippen LogP contribution in [0.3, 0.4) is 0 Å². The van der Waals surface area contributed by atoms with Gasteiger partial charge in [0.1, 0.15) is 0 Å². The van der Waals surface area contributed by atoms with E-state index in [1.54, 1.807) is 0 Å². The largest absolute Gasteiger partial charge is 0.393 e. The molecule has 1 heterocycles. The minimum absolute atomic E-state index is 0.0267. The first-order chi connectivity index (χ1) is 24.6. The molecule has 7 nitrogen and oxygen atoms in total. The van der Waals surface area contributed by atoms with Gasteiger partial charge >= 0.3 is 0 Å². The van der Waals surface area contributed by atoms with E-state index in [4.69, 9.17) is 9.47 Å². The second-order valence-electron chi connectivity index (χ2n) is 15.6. The van der Waals surface area contributed by atoms with E-state index >= 15 is 0 Å². The van der Waals surface area contributed by atoms with Crippen molar-refractivity contribution in [3.63, 3.8) is 0 Å². The smallest absolute Gasteiger partial charge is 0.193 e. The molecule has 6 atom stereocenters. The lowest BCUT2D eigenvalue weighted by Crippen LogP contribution is -2.55. The first-order valence-corrected chi connectivity index (χ1v) is 19.1. The standard InChI is InChI=1S/C44H57NO6/c1-32-11-9-22-43(2)41(39-20-18-34(25-36(46)19-17-32)26-40(39)42(48)35-14-7-4-8-15-35)21-23-44(43,49)31-45(28-38-16-10-24-51-38)27-37(47)30-50-29-33-12-5-3-6-13-33/h3-8,11-15,18,20,26,36-38,41,46-47,49H,9-10,16-17,19,21-25,27-31H2,1-2H3. The van der Waals surface area contributed by atoms with Crippen molar-refractivity contribution in [2.75, 3.05) is 32.8 Å². The van der Waals surface area contributed by atoms with E-state index in [-0.39, 0.29) is 24.4 Å². The summed E-state index contributed by atoms with van der Waals surface area (Å²) < 4.78 is 12.0. The maximum absolute atomic E-state index is 14.2. The molecule has 0 aromatic heterocycles. The van der Waals surface area contributed by atoms with Gasteiger partial charge in [0, 0.05) is 42.8 Å². The van der Waals surface area contributed by atoms with Crippen LogP contribution in [0, 0.1) is 5.41 Å². The fourth-order valence-corrected chi connectivity index (χ4v) is 8.83. The third-order valence-electron chi connectivity index (χ3n) is 11.8. The zero-order valence-electron chi connectivity index (χ0n) is 30.5. The third kappa shape index (κ3) is 9.26. The summed E-state index contributed by atoms with van der Waals surface area (Å²) in [6, 6.07) is 25.6. The monoisotopic (exact) mass is 695 g/mol. The maximum Gasteiger partial charge on any atom is 0.193 e. The van der Waals surface area contributed by atoms with Crippen molar-refractivity contribution in [3.05, 3.63) is 118 Å². The molecule has 1 saturated carbocycles. The van der Waals surface area contributed by atoms with Crippen LogP contribution in [0.5, 0.6) is 0 Å². The number of nitrogens with zero attached hydrogens (tertiary/aromatic N) is 1. The number of ketones is 1. The van der Waals surface area contributed by atoms with Crippen LogP contribution >= 0.6 is 0 Å². The summed E-state index contributed by atoms with van der Waals surface area (Å²) in [5, 5.41) is 35.2. The number of benzene rings is 3. The molecular formula is C44H57NO6. The number of allylic oxidation sites excluding steroid dienone is 2. The summed E-state index contributed by atoms with van der Waals surface area (Å²) in [5.41, 5.74) is 3.89. The Kier molecular flexibility index (Phi) is 12.6. The lowest BCUT2D eigenvalue weighted by Gasteiger charge is -2.46. The summed E-state index contributed by atoms with van der Waals surface area (Å²) in [7, 11) is 0. The summed E-state index contributed by atoms with van der Waals surface area (Å²) in [6.07, 6.45) is 7.90. The molecule has 0 spiro atoms. The minimum Gasteiger partial charge on any atom is -0.393 e. The number of ether oxygens (including phenoxy) is 2. The van der Waals surface area contributed by atoms with Gasteiger partial charge in [-0.2, -0.15) is 0 Å². The van der Waals surface area contributed by atoms with Crippen molar-refractivity contribution in [2.45, 2.75) is 108 Å². The van der Waals surface area contributed by atoms with Crippen LogP contribution in [-0.4, -0.2) is 82.8 Å². The van der Waals surface area contributed by atoms with Crippen LogP contribution in [0.25, 0.3) is 0 Å². The molecule has 2 fully saturated rings. The lowest BCUT2D eigenvalue weighted by molar-refractivity contribution is -0.0961. The molecule has 3 aromatic carbocycles. The molecule has 7 heteroatoms. The van der Waals surface area contributed by atoms with Gasteiger partial charge in [0.05, 0.1) is 37.1 Å². The number of fused-ring (bicyclic) bond motifs is 8. The van der Waals surface area contributed by atoms with Crippen molar-refractivity contribution in [1.29, 1.82) is 0 Å². The van der Waals surface area contributed by atoms with Crippen LogP contribution in [0.4, 0.5) is 0 Å². The van der Waals surface area contributed by atoms with Crippen LogP contribution in [0.1, 0.15) is 104 Å². The topological polar surface area (TPSA) is 99.5 Å². The molecule has 7 rings (SSSR count). The Morgan fingerprint density at radius 1 is 1.02 bits per heavy atom. The summed E-state index contributed by atoms with van der Waals surface area (Å²) >= 11 is 0. The van der Waals surface area contributed by atoms with Gasteiger partial charge in [0.25, 0.3) is 0 Å². The van der Waals surface area contributed by atoms with E-state index in [9.17, 15) is 20.1 Å². The summed E-state index contributed by atoms with van der Waals surface area (Å²) in [6.45, 7) is 7.12. The third-order valence-corrected chi connectivity index (χ3v) is 11.8. The predicted molar refractivity (Wildman–Crippen MR) is 201 cm³/mol. The Labute approximate surface area is 304 Å². The number of aliphatic hydroxyl groups excluding tert-OH is 2. The molecule has 3 aliphatic carbocycles. The quantitative estimate of drug-likeness (QED) is 0.139. The second kappa shape index (κ2) is 17.1. The molecule has 1 aliphatic heterocycles. The summed E-state index contributed by atoms with van der Waals surface area (Å²) in [4.78, 5) is 16.4. The molecule has 4 aliphatic rings. The molecule has 6 unspecified atom stereocenters. The lowest BCUT2D eigenvalue weighted by atomic mass is 9.64. The maximum atomic E-state index is 14.2. The van der Waals surface area contributed by atoms with Crippen LogP contribution in [0.15, 0.2) is 90.5 Å². The Balaban J connectivity index is 1.31. The predicted octanol–water partition coefficient (Wildman–Crippen LogP) is 7.01. The van der Waals surface area contributed by atoms with Gasteiger partial charge in [-0.3, -0.25) is 9.69 Å². The van der Waals surface area contributed by atoms with Gasteiger partial charge in [0.15, 0.2) is 5.78 Å². The number of carbonyl (C=O) groups is 1. The highest BCUT2D eigenvalue weighted by atomic mass is 16.5. The van der Waals surface area contributed by atoms with Gasteiger partial charge < -0.3 is 24.8 Å². The second-order valence-corrected chi connectivity index (χ2v) is 15.6. The van der Waals surface area contributed by atoms with E-state index < -0.39 is 23.2 Å². The molecule has 0 radical (unpaired) electrons. The van der Waals surface area contributed by atoms with Crippen molar-refractivity contribution < 1.29 is 29.6 Å². The van der Waals surface area contributed by atoms with Crippen molar-refractivity contribution >= 4 is 5.78 Å². The van der Waals surface area contributed by atoms with Crippen LogP contribution in [0.2, 0.25) is 0 Å². The molecular weight excluding hydrogens is 638 g/mol. The number of aliphatic hydroxyl groups is 3. The molecule has 274 valence electrons. The van der Waals surface area contributed by atoms with Gasteiger partial charge in [-0.25, -0.2) is 0 Å². The molecule has 2 bridgehead atoms. The normalized spacial score (nSPS) is 27.6. The average molecular weight is 696 g/mol. The van der Waals surface area contributed by atoms with E-state index in [1.165, 1.54) is 5.57 Å². The molecule has 0 amide bonds. The number of hydrogen-bond acceptors (Lipinski definition) is 7. The highest BCUT2D eigenvalue weighted by Crippen LogP contribution is 2.59. The van der Waals surface area contributed by atoms with Gasteiger partial charge in [-0.1, -0.05) is 91.4 Å². The van der Waals surface area contributed by atoms with E-state index in [0.717, 1.165) is 61.8 Å². The van der Waals surface area contributed by atoms with Crippen molar-refractivity contribution in [2.24, 2.45) is 5.41 Å². The van der Waals surface area contributed by atoms with Crippen LogP contribution < -0.4 is 0 Å². The molecule has 3 N–H and O–H groups in total. The fourth-order valence-electron chi connectivity index (χ4n) is 8.83. The first-order valence-electron chi connectivity index (χ1n) is 19.1. The average Bonchev–Trinajstić information content (AvgIpc) is 3.73. The van der Waals surface area contributed by atoms with Crippen LogP contribution in [-0.2, 0) is 22.5 Å².